The van der Waals surface area contributed by atoms with Crippen molar-refractivity contribution in [1.82, 2.24) is 19.7 Å². The maximum absolute atomic E-state index is 13.6. The van der Waals surface area contributed by atoms with E-state index in [0.29, 0.717) is 23.9 Å². The average Bonchev–Trinajstić information content (AvgIpc) is 3.02. The number of fused-ring (bicyclic) bond motifs is 5. The van der Waals surface area contributed by atoms with Crippen molar-refractivity contribution in [3.05, 3.63) is 35.9 Å². The van der Waals surface area contributed by atoms with Gasteiger partial charge in [-0.2, -0.15) is 0 Å². The first-order valence-corrected chi connectivity index (χ1v) is 10.1. The van der Waals surface area contributed by atoms with E-state index in [4.69, 9.17) is 4.74 Å². The van der Waals surface area contributed by atoms with Gasteiger partial charge in [-0.3, -0.25) is 14.5 Å². The number of ether oxygens (including phenoxy) is 1. The number of piperidine rings is 1. The van der Waals surface area contributed by atoms with Crippen molar-refractivity contribution in [2.75, 3.05) is 47.4 Å². The van der Waals surface area contributed by atoms with Gasteiger partial charge in [0.05, 0.1) is 24.7 Å². The first-order chi connectivity index (χ1) is 14.0. The third-order valence-electron chi connectivity index (χ3n) is 6.04. The van der Waals surface area contributed by atoms with Gasteiger partial charge in [0.1, 0.15) is 0 Å². The van der Waals surface area contributed by atoms with Crippen molar-refractivity contribution in [2.24, 2.45) is 5.92 Å². The minimum atomic E-state index is 0.0254. The molecule has 0 N–H and O–H groups in total. The number of nitrogens with zero attached hydrogens (tertiary/aromatic N) is 4. The van der Waals surface area contributed by atoms with Crippen LogP contribution in [0.4, 0.5) is 0 Å². The standard InChI is InChI=1S/C22H28N4O3/c1-24(2)21(27)14-25-11-15-8-9-16(13-25)26(12-15)22(28)18-10-20(29-3)23-19-7-5-4-6-17(18)19/h4-7,10,15-16H,8-9,11-14H2,1-3H3/t15-,16+/m1/s1. The number of amides is 2. The molecule has 0 spiro atoms. The van der Waals surface area contributed by atoms with E-state index < -0.39 is 0 Å². The van der Waals surface area contributed by atoms with E-state index in [1.165, 1.54) is 0 Å². The molecule has 1 aromatic heterocycles. The lowest BCUT2D eigenvalue weighted by molar-refractivity contribution is -0.129. The first-order valence-electron chi connectivity index (χ1n) is 10.1. The van der Waals surface area contributed by atoms with Crippen LogP contribution in [0.15, 0.2) is 30.3 Å². The number of aromatic nitrogens is 1. The molecular formula is C22H28N4O3. The van der Waals surface area contributed by atoms with Crippen molar-refractivity contribution in [2.45, 2.75) is 18.9 Å². The maximum Gasteiger partial charge on any atom is 0.255 e. The molecule has 0 radical (unpaired) electrons. The largest absolute Gasteiger partial charge is 0.481 e. The SMILES string of the molecule is COc1cc(C(=O)N2C[C@@H]3CC[C@H]2CN(CC(=O)N(C)C)C3)c2ccccc2n1. The Kier molecular flexibility index (Phi) is 5.41. The molecule has 154 valence electrons. The van der Waals surface area contributed by atoms with Gasteiger partial charge in [-0.05, 0) is 24.8 Å². The second-order valence-electron chi connectivity index (χ2n) is 8.27. The molecule has 1 aromatic carbocycles. The number of carbonyl (C=O) groups is 2. The summed E-state index contributed by atoms with van der Waals surface area (Å²) < 4.78 is 5.34. The summed E-state index contributed by atoms with van der Waals surface area (Å²) in [5.74, 6) is 0.972. The van der Waals surface area contributed by atoms with Crippen LogP contribution in [0.25, 0.3) is 10.9 Å². The molecule has 29 heavy (non-hydrogen) atoms. The van der Waals surface area contributed by atoms with Crippen LogP contribution in [0.5, 0.6) is 5.88 Å². The fraction of sp³-hybridized carbons (Fsp3) is 0.500. The summed E-state index contributed by atoms with van der Waals surface area (Å²) in [6, 6.07) is 9.54. The number of likely N-dealkylation sites (N-methyl/N-ethyl adjacent to an activating group) is 1. The fourth-order valence-corrected chi connectivity index (χ4v) is 4.48. The third kappa shape index (κ3) is 3.92. The van der Waals surface area contributed by atoms with Crippen LogP contribution in [0.2, 0.25) is 0 Å². The van der Waals surface area contributed by atoms with Crippen LogP contribution >= 0.6 is 0 Å². The van der Waals surface area contributed by atoms with E-state index in [0.717, 1.165) is 43.4 Å². The number of pyridine rings is 1. The van der Waals surface area contributed by atoms with Gasteiger partial charge in [0, 0.05) is 51.2 Å². The summed E-state index contributed by atoms with van der Waals surface area (Å²) in [6.07, 6.45) is 2.07. The van der Waals surface area contributed by atoms with Crippen LogP contribution in [0, 0.1) is 5.92 Å². The molecule has 7 heteroatoms. The number of rotatable bonds is 4. The molecule has 3 saturated heterocycles. The summed E-state index contributed by atoms with van der Waals surface area (Å²) in [7, 11) is 5.14. The predicted octanol–water partition coefficient (Wildman–Crippen LogP) is 1.87. The summed E-state index contributed by atoms with van der Waals surface area (Å²) in [4.78, 5) is 36.1. The topological polar surface area (TPSA) is 66.0 Å². The van der Waals surface area contributed by atoms with Crippen molar-refractivity contribution in [3.63, 3.8) is 0 Å². The summed E-state index contributed by atoms with van der Waals surface area (Å²) in [6.45, 7) is 2.74. The highest BCUT2D eigenvalue weighted by Gasteiger charge is 2.38. The molecule has 2 bridgehead atoms. The Morgan fingerprint density at radius 1 is 1.17 bits per heavy atom. The van der Waals surface area contributed by atoms with E-state index in [-0.39, 0.29) is 17.9 Å². The highest BCUT2D eigenvalue weighted by atomic mass is 16.5. The van der Waals surface area contributed by atoms with Crippen LogP contribution in [-0.4, -0.2) is 84.9 Å². The smallest absolute Gasteiger partial charge is 0.255 e. The molecule has 2 amide bonds. The molecule has 0 saturated carbocycles. The van der Waals surface area contributed by atoms with Crippen molar-refractivity contribution < 1.29 is 14.3 Å². The van der Waals surface area contributed by atoms with Gasteiger partial charge in [0.2, 0.25) is 11.8 Å². The summed E-state index contributed by atoms with van der Waals surface area (Å²) in [5.41, 5.74) is 1.39. The number of hydrogen-bond donors (Lipinski definition) is 0. The van der Waals surface area contributed by atoms with E-state index in [2.05, 4.69) is 9.88 Å². The summed E-state index contributed by atoms with van der Waals surface area (Å²) >= 11 is 0. The van der Waals surface area contributed by atoms with E-state index in [9.17, 15) is 9.59 Å². The van der Waals surface area contributed by atoms with Gasteiger partial charge >= 0.3 is 0 Å². The summed E-state index contributed by atoms with van der Waals surface area (Å²) in [5, 5.41) is 0.845. The zero-order valence-corrected chi connectivity index (χ0v) is 17.3. The quantitative estimate of drug-likeness (QED) is 0.789. The number of methoxy groups -OCH3 is 1. The number of para-hydroxylation sites is 1. The van der Waals surface area contributed by atoms with Gasteiger partial charge in [-0.1, -0.05) is 18.2 Å². The maximum atomic E-state index is 13.6. The molecule has 3 fully saturated rings. The molecule has 3 aliphatic rings. The monoisotopic (exact) mass is 396 g/mol. The highest BCUT2D eigenvalue weighted by molar-refractivity contribution is 6.06. The predicted molar refractivity (Wildman–Crippen MR) is 111 cm³/mol. The van der Waals surface area contributed by atoms with Crippen LogP contribution in [-0.2, 0) is 4.79 Å². The zero-order valence-electron chi connectivity index (χ0n) is 17.3. The van der Waals surface area contributed by atoms with Crippen LogP contribution in [0.1, 0.15) is 23.2 Å². The average molecular weight is 396 g/mol. The van der Waals surface area contributed by atoms with Crippen molar-refractivity contribution >= 4 is 22.7 Å². The zero-order chi connectivity index (χ0) is 20.5. The van der Waals surface area contributed by atoms with E-state index in [1.807, 2.05) is 29.2 Å². The lowest BCUT2D eigenvalue weighted by atomic mass is 9.94. The number of hydrogen-bond acceptors (Lipinski definition) is 5. The second-order valence-corrected chi connectivity index (χ2v) is 8.27. The van der Waals surface area contributed by atoms with E-state index in [1.54, 1.807) is 32.2 Å². The molecule has 0 aliphatic carbocycles. The number of carbonyl (C=O) groups excluding carboxylic acids is 2. The lowest BCUT2D eigenvalue weighted by Crippen LogP contribution is -2.48. The Balaban J connectivity index is 1.62. The Morgan fingerprint density at radius 3 is 2.72 bits per heavy atom. The van der Waals surface area contributed by atoms with Crippen LogP contribution < -0.4 is 4.74 Å². The van der Waals surface area contributed by atoms with Gasteiger partial charge in [0.25, 0.3) is 5.91 Å². The van der Waals surface area contributed by atoms with Gasteiger partial charge in [0.15, 0.2) is 0 Å². The molecule has 4 heterocycles. The molecule has 3 aliphatic heterocycles. The van der Waals surface area contributed by atoms with E-state index >= 15 is 0 Å². The Labute approximate surface area is 171 Å². The van der Waals surface area contributed by atoms with Crippen molar-refractivity contribution in [3.8, 4) is 5.88 Å². The lowest BCUT2D eigenvalue weighted by Gasteiger charge is -2.36. The fourth-order valence-electron chi connectivity index (χ4n) is 4.48. The second kappa shape index (κ2) is 7.99. The molecule has 2 aromatic rings. The molecule has 0 unspecified atom stereocenters. The Bertz CT molecular complexity index is 929. The molecule has 5 rings (SSSR count). The first kappa shape index (κ1) is 19.6. The van der Waals surface area contributed by atoms with Gasteiger partial charge in [-0.25, -0.2) is 4.98 Å². The third-order valence-corrected chi connectivity index (χ3v) is 6.04. The van der Waals surface area contributed by atoms with Crippen molar-refractivity contribution in [1.29, 1.82) is 0 Å². The van der Waals surface area contributed by atoms with Gasteiger partial charge in [-0.15, -0.1) is 0 Å². The highest BCUT2D eigenvalue weighted by Crippen LogP contribution is 2.31. The Morgan fingerprint density at radius 2 is 1.97 bits per heavy atom. The molecular weight excluding hydrogens is 368 g/mol. The van der Waals surface area contributed by atoms with Crippen LogP contribution in [0.3, 0.4) is 0 Å². The number of benzene rings is 1. The normalized spacial score (nSPS) is 21.8. The minimum Gasteiger partial charge on any atom is -0.481 e. The molecule has 2 atom stereocenters. The Hall–Kier alpha value is -2.67. The van der Waals surface area contributed by atoms with Gasteiger partial charge < -0.3 is 14.5 Å². The molecule has 7 nitrogen and oxygen atoms in total. The minimum absolute atomic E-state index is 0.0254.